The zero-order valence-corrected chi connectivity index (χ0v) is 15.2. The topological polar surface area (TPSA) is 65.2 Å². The Kier molecular flexibility index (Phi) is 5.86. The Bertz CT molecular complexity index is 951. The monoisotopic (exact) mass is 367 g/mol. The first-order valence-electron chi connectivity index (χ1n) is 8.89. The lowest BCUT2D eigenvalue weighted by atomic mass is 10.1. The molecule has 0 aliphatic carbocycles. The zero-order valence-electron chi connectivity index (χ0n) is 15.2. The average molecular weight is 367 g/mol. The van der Waals surface area contributed by atoms with Gasteiger partial charge in [-0.15, -0.1) is 0 Å². The van der Waals surface area contributed by atoms with E-state index in [4.69, 9.17) is 0 Å². The van der Waals surface area contributed by atoms with Gasteiger partial charge in [0, 0.05) is 43.7 Å². The van der Waals surface area contributed by atoms with Crippen LogP contribution in [0.15, 0.2) is 54.7 Å². The van der Waals surface area contributed by atoms with Crippen molar-refractivity contribution in [1.29, 1.82) is 0 Å². The summed E-state index contributed by atoms with van der Waals surface area (Å²) in [5, 5.41) is 3.82. The van der Waals surface area contributed by atoms with Crippen LogP contribution < -0.4 is 5.32 Å². The van der Waals surface area contributed by atoms with Crippen molar-refractivity contribution in [2.24, 2.45) is 0 Å². The Hall–Kier alpha value is -3.15. The minimum absolute atomic E-state index is 0.00525. The van der Waals surface area contributed by atoms with Crippen molar-refractivity contribution in [2.75, 3.05) is 19.6 Å². The Morgan fingerprint density at radius 1 is 1.07 bits per heavy atom. The standard InChI is InChI=1S/C21H22FN3O2/c1-15(26)25(12-10-16-14-24-20-9-5-3-6-17(16)20)13-11-23-21(27)18-7-2-4-8-19(18)22/h2-9,14,24H,10-13H2,1H3,(H,23,27). The van der Waals surface area contributed by atoms with E-state index in [1.807, 2.05) is 30.5 Å². The van der Waals surface area contributed by atoms with Crippen LogP contribution in [0.25, 0.3) is 10.9 Å². The third kappa shape index (κ3) is 4.53. The lowest BCUT2D eigenvalue weighted by Crippen LogP contribution is -2.38. The maximum atomic E-state index is 13.6. The third-order valence-corrected chi connectivity index (χ3v) is 4.56. The number of hydrogen-bond donors (Lipinski definition) is 2. The number of H-pyrrole nitrogens is 1. The summed E-state index contributed by atoms with van der Waals surface area (Å²) < 4.78 is 13.6. The number of benzene rings is 2. The van der Waals surface area contributed by atoms with Crippen LogP contribution in [-0.4, -0.2) is 41.3 Å². The first kappa shape index (κ1) is 18.6. The van der Waals surface area contributed by atoms with Gasteiger partial charge >= 0.3 is 0 Å². The van der Waals surface area contributed by atoms with E-state index in [9.17, 15) is 14.0 Å². The van der Waals surface area contributed by atoms with E-state index < -0.39 is 11.7 Å². The van der Waals surface area contributed by atoms with Gasteiger partial charge in [0.05, 0.1) is 5.56 Å². The number of halogens is 1. The molecule has 3 rings (SSSR count). The molecule has 3 aromatic rings. The first-order chi connectivity index (χ1) is 13.1. The number of hydrogen-bond acceptors (Lipinski definition) is 2. The molecule has 0 aliphatic rings. The number of nitrogens with zero attached hydrogens (tertiary/aromatic N) is 1. The van der Waals surface area contributed by atoms with Crippen molar-refractivity contribution in [3.05, 3.63) is 71.7 Å². The molecule has 0 fully saturated rings. The SMILES string of the molecule is CC(=O)N(CCNC(=O)c1ccccc1F)CCc1c[nH]c2ccccc12. The molecule has 0 saturated heterocycles. The summed E-state index contributed by atoms with van der Waals surface area (Å²) in [7, 11) is 0. The smallest absolute Gasteiger partial charge is 0.254 e. The molecule has 2 amide bonds. The molecule has 0 bridgehead atoms. The van der Waals surface area contributed by atoms with Crippen LogP contribution in [0.4, 0.5) is 4.39 Å². The average Bonchev–Trinajstić information content (AvgIpc) is 3.07. The second-order valence-corrected chi connectivity index (χ2v) is 6.35. The number of nitrogens with one attached hydrogen (secondary N) is 2. The number of aromatic amines is 1. The highest BCUT2D eigenvalue weighted by molar-refractivity contribution is 5.94. The molecule has 0 spiro atoms. The van der Waals surface area contributed by atoms with Gasteiger partial charge in [-0.1, -0.05) is 30.3 Å². The van der Waals surface area contributed by atoms with Gasteiger partial charge in [-0.25, -0.2) is 4.39 Å². The van der Waals surface area contributed by atoms with Gasteiger partial charge in [-0.2, -0.15) is 0 Å². The molecule has 0 saturated carbocycles. The molecule has 0 radical (unpaired) electrons. The normalized spacial score (nSPS) is 10.7. The Balaban J connectivity index is 1.54. The second kappa shape index (κ2) is 8.49. The van der Waals surface area contributed by atoms with Gasteiger partial charge in [0.1, 0.15) is 5.82 Å². The highest BCUT2D eigenvalue weighted by atomic mass is 19.1. The summed E-state index contributed by atoms with van der Waals surface area (Å²) >= 11 is 0. The van der Waals surface area contributed by atoms with Crippen LogP contribution in [0.3, 0.4) is 0 Å². The summed E-state index contributed by atoms with van der Waals surface area (Å²) in [5.74, 6) is -1.10. The van der Waals surface area contributed by atoms with Gasteiger partial charge in [0.25, 0.3) is 5.91 Å². The molecular formula is C21H22FN3O2. The first-order valence-corrected chi connectivity index (χ1v) is 8.89. The Labute approximate surface area is 157 Å². The minimum atomic E-state index is -0.558. The quantitative estimate of drug-likeness (QED) is 0.674. The van der Waals surface area contributed by atoms with E-state index in [1.54, 1.807) is 11.0 Å². The van der Waals surface area contributed by atoms with Crippen LogP contribution >= 0.6 is 0 Å². The van der Waals surface area contributed by atoms with Gasteiger partial charge in [0.15, 0.2) is 0 Å². The molecular weight excluding hydrogens is 345 g/mol. The van der Waals surface area contributed by atoms with Crippen molar-refractivity contribution in [3.63, 3.8) is 0 Å². The summed E-state index contributed by atoms with van der Waals surface area (Å²) in [6.07, 6.45) is 2.67. The highest BCUT2D eigenvalue weighted by Gasteiger charge is 2.13. The second-order valence-electron chi connectivity index (χ2n) is 6.35. The lowest BCUT2D eigenvalue weighted by Gasteiger charge is -2.21. The Morgan fingerprint density at radius 2 is 1.81 bits per heavy atom. The van der Waals surface area contributed by atoms with Crippen LogP contribution in [0.2, 0.25) is 0 Å². The van der Waals surface area contributed by atoms with E-state index in [2.05, 4.69) is 10.3 Å². The third-order valence-electron chi connectivity index (χ3n) is 4.56. The van der Waals surface area contributed by atoms with Crippen molar-refractivity contribution in [3.8, 4) is 0 Å². The lowest BCUT2D eigenvalue weighted by molar-refractivity contribution is -0.128. The highest BCUT2D eigenvalue weighted by Crippen LogP contribution is 2.18. The summed E-state index contributed by atoms with van der Waals surface area (Å²) in [6, 6.07) is 13.9. The van der Waals surface area contributed by atoms with E-state index >= 15 is 0 Å². The van der Waals surface area contributed by atoms with Crippen molar-refractivity contribution >= 4 is 22.7 Å². The summed E-state index contributed by atoms with van der Waals surface area (Å²) in [5.41, 5.74) is 2.22. The minimum Gasteiger partial charge on any atom is -0.361 e. The van der Waals surface area contributed by atoms with E-state index in [-0.39, 0.29) is 18.0 Å². The predicted octanol–water partition coefficient (Wildman–Crippen LogP) is 3.13. The van der Waals surface area contributed by atoms with Crippen LogP contribution in [0.1, 0.15) is 22.8 Å². The van der Waals surface area contributed by atoms with Crippen LogP contribution in [0.5, 0.6) is 0 Å². The van der Waals surface area contributed by atoms with Gasteiger partial charge in [-0.3, -0.25) is 9.59 Å². The molecule has 0 atom stereocenters. The fourth-order valence-electron chi connectivity index (χ4n) is 3.07. The van der Waals surface area contributed by atoms with Crippen molar-refractivity contribution in [2.45, 2.75) is 13.3 Å². The predicted molar refractivity (Wildman–Crippen MR) is 103 cm³/mol. The maximum absolute atomic E-state index is 13.6. The molecule has 140 valence electrons. The number of fused-ring (bicyclic) bond motifs is 1. The molecule has 27 heavy (non-hydrogen) atoms. The number of carbonyl (C=O) groups excluding carboxylic acids is 2. The number of carbonyl (C=O) groups is 2. The molecule has 1 aromatic heterocycles. The van der Waals surface area contributed by atoms with Crippen LogP contribution in [-0.2, 0) is 11.2 Å². The van der Waals surface area contributed by atoms with Gasteiger partial charge in [-0.05, 0) is 30.2 Å². The fourth-order valence-corrected chi connectivity index (χ4v) is 3.07. The van der Waals surface area contributed by atoms with Gasteiger partial charge in [0.2, 0.25) is 5.91 Å². The molecule has 1 heterocycles. The largest absolute Gasteiger partial charge is 0.361 e. The zero-order chi connectivity index (χ0) is 19.2. The van der Waals surface area contributed by atoms with Gasteiger partial charge < -0.3 is 15.2 Å². The number of aromatic nitrogens is 1. The molecule has 2 aromatic carbocycles. The molecule has 5 nitrogen and oxygen atoms in total. The number of amides is 2. The number of para-hydroxylation sites is 1. The maximum Gasteiger partial charge on any atom is 0.254 e. The fraction of sp³-hybridized carbons (Fsp3) is 0.238. The molecule has 0 aliphatic heterocycles. The van der Waals surface area contributed by atoms with E-state index in [0.717, 1.165) is 16.5 Å². The Morgan fingerprint density at radius 3 is 2.59 bits per heavy atom. The van der Waals surface area contributed by atoms with Crippen LogP contribution in [0, 0.1) is 5.82 Å². The molecule has 6 heteroatoms. The van der Waals surface area contributed by atoms with Crippen molar-refractivity contribution < 1.29 is 14.0 Å². The van der Waals surface area contributed by atoms with Crippen molar-refractivity contribution in [1.82, 2.24) is 15.2 Å². The number of rotatable bonds is 7. The molecule has 2 N–H and O–H groups in total. The summed E-state index contributed by atoms with van der Waals surface area (Å²) in [6.45, 7) is 2.69. The van der Waals surface area contributed by atoms with E-state index in [1.165, 1.54) is 25.1 Å². The summed E-state index contributed by atoms with van der Waals surface area (Å²) in [4.78, 5) is 28.9. The molecule has 0 unspecified atom stereocenters. The van der Waals surface area contributed by atoms with E-state index in [0.29, 0.717) is 19.5 Å².